The molecule has 1 aromatic carbocycles. The molecule has 0 unspecified atom stereocenters. The van der Waals surface area contributed by atoms with Crippen LogP contribution < -0.4 is 5.32 Å². The number of aryl methyl sites for hydroxylation is 1. The van der Waals surface area contributed by atoms with Gasteiger partial charge in [0, 0.05) is 47.0 Å². The second kappa shape index (κ2) is 20.8. The first-order valence-corrected chi connectivity index (χ1v) is 14.3. The van der Waals surface area contributed by atoms with Crippen molar-refractivity contribution in [3.05, 3.63) is 84.0 Å². The first kappa shape index (κ1) is 40.0. The number of aromatic nitrogens is 1. The molecule has 0 spiro atoms. The van der Waals surface area contributed by atoms with Gasteiger partial charge in [-0.1, -0.05) is 55.8 Å². The maximum Gasteiger partial charge on any atom is 2.00 e. The van der Waals surface area contributed by atoms with E-state index in [2.05, 4.69) is 29.0 Å². The Kier molecular flexibility index (Phi) is 19.8. The first-order chi connectivity index (χ1) is 19.0. The number of carbonyl (C=O) groups is 2. The molecule has 0 aliphatic carbocycles. The van der Waals surface area contributed by atoms with Gasteiger partial charge in [0.05, 0.1) is 0 Å². The molecule has 1 amide bonds. The second-order valence-corrected chi connectivity index (χ2v) is 11.4. The maximum absolute atomic E-state index is 13.4. The average molecular weight is 818 g/mol. The van der Waals surface area contributed by atoms with Crippen LogP contribution >= 0.6 is 11.6 Å². The molecule has 6 nitrogen and oxygen atoms in total. The summed E-state index contributed by atoms with van der Waals surface area (Å²) in [4.78, 5) is 43.3. The number of allylic oxidation sites excluding steroid dienone is 3. The Balaban J connectivity index is 0.00000840. The van der Waals surface area contributed by atoms with E-state index in [-0.39, 0.29) is 62.6 Å². The maximum atomic E-state index is 13.4. The number of ketones is 1. The van der Waals surface area contributed by atoms with E-state index in [4.69, 9.17) is 11.6 Å². The molecule has 1 heterocycles. The average Bonchev–Trinajstić information content (AvgIpc) is 2.88. The zero-order valence-corrected chi connectivity index (χ0v) is 31.1. The first-order valence-electron chi connectivity index (χ1n) is 13.9. The van der Waals surface area contributed by atoms with Crippen molar-refractivity contribution >= 4 is 29.6 Å². The van der Waals surface area contributed by atoms with Crippen LogP contribution in [0.4, 0.5) is 0 Å². The predicted octanol–water partition coefficient (Wildman–Crippen LogP) is 7.28. The summed E-state index contributed by atoms with van der Waals surface area (Å²) in [6.45, 7) is 8.58. The number of hydrogen-bond donors (Lipinski definition) is 1. The van der Waals surface area contributed by atoms with E-state index in [0.717, 1.165) is 40.8 Å². The van der Waals surface area contributed by atoms with E-state index in [1.807, 2.05) is 69.8 Å². The van der Waals surface area contributed by atoms with E-state index in [1.165, 1.54) is 0 Å². The smallest absolute Gasteiger partial charge is 0.542 e. The van der Waals surface area contributed by atoms with Crippen LogP contribution in [0.3, 0.4) is 0 Å². The summed E-state index contributed by atoms with van der Waals surface area (Å²) < 4.78 is 0. The van der Waals surface area contributed by atoms with Crippen LogP contribution in [0.25, 0.3) is 11.1 Å². The SMILES string of the molecule is CC(=O)/C(=C\C=C/CC[C@@H](CC(C)C)C(=O)N[C@@H](C[C-]=O)c1cncc(-c2c(C)cccc2Cl)c1)CCN(C)C.[CH3-].[U+2]. The minimum Gasteiger partial charge on any atom is -0.542 e. The summed E-state index contributed by atoms with van der Waals surface area (Å²) >= 11 is 6.48. The van der Waals surface area contributed by atoms with Crippen LogP contribution in [0.5, 0.6) is 0 Å². The Hall–Kier alpha value is -2.04. The van der Waals surface area contributed by atoms with E-state index < -0.39 is 6.04 Å². The van der Waals surface area contributed by atoms with Crippen molar-refractivity contribution in [3.8, 4) is 11.1 Å². The standard InChI is InChI=1S/C33H43ClN3O3.CH3.U/c1-23(2)19-27(13-9-7-8-12-26(25(4)39)15-17-37(5)6)33(40)36-31(16-18-38)28-20-29(22-35-21-28)32-24(3)11-10-14-30(32)34;;/h7-8,10-12,14,20-23,27,31H,9,13,15-17,19H2,1-6H3,(H,36,40);1H3;/q2*-1;+2/b8-7-,26-12-;;/t27-,31-;;/m0../s1. The molecule has 0 radical (unpaired) electrons. The van der Waals surface area contributed by atoms with Gasteiger partial charge in [-0.25, -0.2) is 0 Å². The van der Waals surface area contributed by atoms with Crippen LogP contribution in [0.2, 0.25) is 5.02 Å². The molecule has 1 aromatic heterocycles. The van der Waals surface area contributed by atoms with Crippen molar-refractivity contribution in [3.63, 3.8) is 0 Å². The molecule has 0 aliphatic heterocycles. The van der Waals surface area contributed by atoms with Crippen molar-refractivity contribution in [2.45, 2.75) is 65.8 Å². The van der Waals surface area contributed by atoms with E-state index in [0.29, 0.717) is 30.2 Å². The predicted molar refractivity (Wildman–Crippen MR) is 170 cm³/mol. The Morgan fingerprint density at radius 2 is 1.90 bits per heavy atom. The largest absolute Gasteiger partial charge is 2.00 e. The second-order valence-electron chi connectivity index (χ2n) is 11.0. The molecule has 0 saturated carbocycles. The Morgan fingerprint density at radius 3 is 2.50 bits per heavy atom. The Morgan fingerprint density at radius 1 is 1.19 bits per heavy atom. The van der Waals surface area contributed by atoms with E-state index >= 15 is 0 Å². The van der Waals surface area contributed by atoms with E-state index in [1.54, 1.807) is 19.3 Å². The number of benzene rings is 1. The fourth-order valence-corrected chi connectivity index (χ4v) is 4.96. The molecule has 0 saturated heterocycles. The number of pyridine rings is 1. The van der Waals surface area contributed by atoms with Gasteiger partial charge in [-0.15, -0.1) is 6.42 Å². The van der Waals surface area contributed by atoms with Crippen LogP contribution in [0, 0.1) is 57.3 Å². The molecular formula is C34H46ClN3O3U. The van der Waals surface area contributed by atoms with Crippen molar-refractivity contribution < 1.29 is 45.5 Å². The summed E-state index contributed by atoms with van der Waals surface area (Å²) in [5.74, 6) is 0.0995. The molecular weight excluding hydrogens is 772 g/mol. The summed E-state index contributed by atoms with van der Waals surface area (Å²) in [6.07, 6.45) is 14.0. The van der Waals surface area contributed by atoms with Gasteiger partial charge in [-0.2, -0.15) is 0 Å². The number of carbonyl (C=O) groups excluding carboxylic acids is 3. The molecule has 2 rings (SSSR count). The van der Waals surface area contributed by atoms with Gasteiger partial charge in [0.2, 0.25) is 5.91 Å². The molecule has 0 bridgehead atoms. The number of rotatable bonds is 16. The third-order valence-electron chi connectivity index (χ3n) is 6.80. The zero-order valence-electron chi connectivity index (χ0n) is 26.2. The number of nitrogens with one attached hydrogen (secondary N) is 1. The van der Waals surface area contributed by atoms with Gasteiger partial charge in [0.25, 0.3) is 0 Å². The normalized spacial score (nSPS) is 12.9. The van der Waals surface area contributed by atoms with Crippen LogP contribution in [-0.4, -0.2) is 48.5 Å². The van der Waals surface area contributed by atoms with Crippen LogP contribution in [-0.2, 0) is 14.4 Å². The van der Waals surface area contributed by atoms with Crippen LogP contribution in [0.15, 0.2) is 60.5 Å². The monoisotopic (exact) mass is 817 g/mol. The molecule has 2 aromatic rings. The van der Waals surface area contributed by atoms with Crippen molar-refractivity contribution in [2.24, 2.45) is 11.8 Å². The number of hydrogen-bond acceptors (Lipinski definition) is 5. The fourth-order valence-electron chi connectivity index (χ4n) is 4.63. The van der Waals surface area contributed by atoms with Crippen molar-refractivity contribution in [1.29, 1.82) is 0 Å². The van der Waals surface area contributed by atoms with Gasteiger partial charge in [-0.05, 0) is 88.4 Å². The number of amides is 1. The third-order valence-corrected chi connectivity index (χ3v) is 7.11. The summed E-state index contributed by atoms with van der Waals surface area (Å²) in [6, 6.07) is 7.11. The molecule has 226 valence electrons. The van der Waals surface area contributed by atoms with E-state index in [9.17, 15) is 14.4 Å². The van der Waals surface area contributed by atoms with Gasteiger partial charge in [0.15, 0.2) is 5.78 Å². The summed E-state index contributed by atoms with van der Waals surface area (Å²) in [5.41, 5.74) is 4.25. The van der Waals surface area contributed by atoms with Crippen molar-refractivity contribution in [2.75, 3.05) is 20.6 Å². The minimum absolute atomic E-state index is 0. The third kappa shape index (κ3) is 13.5. The molecule has 42 heavy (non-hydrogen) atoms. The fraction of sp³-hybridized carbons (Fsp3) is 0.441. The number of nitrogens with zero attached hydrogens (tertiary/aromatic N) is 2. The van der Waals surface area contributed by atoms with Gasteiger partial charge in [-0.3, -0.25) is 20.9 Å². The summed E-state index contributed by atoms with van der Waals surface area (Å²) in [5, 5.41) is 3.71. The van der Waals surface area contributed by atoms with Gasteiger partial charge in [0.1, 0.15) is 0 Å². The zero-order chi connectivity index (χ0) is 29.7. The molecule has 0 aliphatic rings. The number of Topliss-reactive ketones (excluding diaryl/α,β-unsaturated/α-hetero) is 1. The summed E-state index contributed by atoms with van der Waals surface area (Å²) in [7, 11) is 3.97. The molecule has 8 heteroatoms. The van der Waals surface area contributed by atoms with Crippen LogP contribution in [0.1, 0.15) is 70.0 Å². The topological polar surface area (TPSA) is 79.4 Å². The minimum atomic E-state index is -0.539. The van der Waals surface area contributed by atoms with Crippen molar-refractivity contribution in [1.82, 2.24) is 15.2 Å². The molecule has 1 N–H and O–H groups in total. The molecule has 2 atom stereocenters. The van der Waals surface area contributed by atoms with Gasteiger partial charge >= 0.3 is 31.1 Å². The number of halogens is 1. The molecule has 0 fully saturated rings. The van der Waals surface area contributed by atoms with Gasteiger partial charge < -0.3 is 22.4 Å². The Labute approximate surface area is 282 Å². The Bertz CT molecular complexity index is 1190. The quantitative estimate of drug-likeness (QED) is 0.110.